The molecule has 0 amide bonds. The second kappa shape index (κ2) is 4.58. The van der Waals surface area contributed by atoms with Gasteiger partial charge < -0.3 is 4.74 Å². The largest absolute Gasteiger partial charge is 0.472 e. The van der Waals surface area contributed by atoms with Gasteiger partial charge in [0.15, 0.2) is 0 Å². The van der Waals surface area contributed by atoms with E-state index < -0.39 is 0 Å². The van der Waals surface area contributed by atoms with Crippen molar-refractivity contribution in [1.82, 2.24) is 4.98 Å². The van der Waals surface area contributed by atoms with E-state index in [2.05, 4.69) is 11.1 Å². The molecule has 4 heteroatoms. The summed E-state index contributed by atoms with van der Waals surface area (Å²) < 4.78 is 5.87. The molecule has 0 saturated carbocycles. The Labute approximate surface area is 105 Å². The van der Waals surface area contributed by atoms with Crippen LogP contribution in [0.4, 0.5) is 0 Å². The zero-order chi connectivity index (χ0) is 11.7. The maximum absolute atomic E-state index is 9.15. The molecule has 0 bridgehead atoms. The van der Waals surface area contributed by atoms with E-state index in [1.54, 1.807) is 0 Å². The predicted molar refractivity (Wildman–Crippen MR) is 67.3 cm³/mol. The highest BCUT2D eigenvalue weighted by molar-refractivity contribution is 7.99. The van der Waals surface area contributed by atoms with Crippen LogP contribution in [0.25, 0.3) is 0 Å². The van der Waals surface area contributed by atoms with Gasteiger partial charge in [-0.05, 0) is 43.1 Å². The van der Waals surface area contributed by atoms with Crippen LogP contribution in [0.2, 0.25) is 0 Å². The Morgan fingerprint density at radius 2 is 2.41 bits per heavy atom. The van der Waals surface area contributed by atoms with Crippen LogP contribution >= 0.6 is 11.8 Å². The monoisotopic (exact) mass is 246 g/mol. The van der Waals surface area contributed by atoms with Crippen LogP contribution in [0, 0.1) is 11.3 Å². The summed E-state index contributed by atoms with van der Waals surface area (Å²) >= 11 is 1.90. The quantitative estimate of drug-likeness (QED) is 0.803. The van der Waals surface area contributed by atoms with Gasteiger partial charge in [-0.25, -0.2) is 4.98 Å². The first kappa shape index (κ1) is 10.9. The van der Waals surface area contributed by atoms with Crippen molar-refractivity contribution in [3.8, 4) is 11.9 Å². The van der Waals surface area contributed by atoms with Crippen molar-refractivity contribution in [2.45, 2.75) is 31.8 Å². The molecule has 0 spiro atoms. The van der Waals surface area contributed by atoms with E-state index in [9.17, 15) is 0 Å². The van der Waals surface area contributed by atoms with Gasteiger partial charge in [-0.2, -0.15) is 17.0 Å². The van der Waals surface area contributed by atoms with Crippen LogP contribution in [0.15, 0.2) is 6.07 Å². The lowest BCUT2D eigenvalue weighted by molar-refractivity contribution is 0.219. The van der Waals surface area contributed by atoms with Gasteiger partial charge in [-0.1, -0.05) is 0 Å². The molecule has 1 atom stereocenters. The number of hydrogen-bond acceptors (Lipinski definition) is 4. The van der Waals surface area contributed by atoms with E-state index in [0.29, 0.717) is 11.4 Å². The summed E-state index contributed by atoms with van der Waals surface area (Å²) in [5.41, 5.74) is 2.96. The van der Waals surface area contributed by atoms with Crippen LogP contribution in [0.1, 0.15) is 29.7 Å². The topological polar surface area (TPSA) is 45.9 Å². The smallest absolute Gasteiger partial charge is 0.232 e. The van der Waals surface area contributed by atoms with Crippen LogP contribution in [0.5, 0.6) is 5.88 Å². The molecule has 88 valence electrons. The van der Waals surface area contributed by atoms with Crippen molar-refractivity contribution >= 4 is 11.8 Å². The first-order valence-electron chi connectivity index (χ1n) is 6.04. The van der Waals surface area contributed by atoms with E-state index in [1.165, 1.54) is 5.56 Å². The molecular formula is C13H14N2OS. The van der Waals surface area contributed by atoms with Gasteiger partial charge in [0.05, 0.1) is 0 Å². The van der Waals surface area contributed by atoms with Crippen LogP contribution in [-0.2, 0) is 12.8 Å². The fourth-order valence-electron chi connectivity index (χ4n) is 2.39. The Hall–Kier alpha value is -1.21. The number of rotatable bonds is 2. The average Bonchev–Trinajstić information content (AvgIpc) is 2.98. The first-order chi connectivity index (χ1) is 8.36. The zero-order valence-corrected chi connectivity index (χ0v) is 10.4. The first-order valence-corrected chi connectivity index (χ1v) is 7.19. The molecule has 0 N–H and O–H groups in total. The van der Waals surface area contributed by atoms with Gasteiger partial charge in [0.25, 0.3) is 0 Å². The number of aryl methyl sites for hydroxylation is 2. The molecule has 2 heterocycles. The van der Waals surface area contributed by atoms with Crippen molar-refractivity contribution in [2.24, 2.45) is 0 Å². The summed E-state index contributed by atoms with van der Waals surface area (Å²) in [6.07, 6.45) is 4.52. The van der Waals surface area contributed by atoms with Crippen LogP contribution in [-0.4, -0.2) is 22.6 Å². The van der Waals surface area contributed by atoms with E-state index in [1.807, 2.05) is 17.8 Å². The lowest BCUT2D eigenvalue weighted by atomic mass is 10.1. The number of pyridine rings is 1. The van der Waals surface area contributed by atoms with Gasteiger partial charge in [0.2, 0.25) is 5.88 Å². The maximum atomic E-state index is 9.15. The molecule has 3 rings (SSSR count). The maximum Gasteiger partial charge on any atom is 0.232 e. The molecule has 3 nitrogen and oxygen atoms in total. The summed E-state index contributed by atoms with van der Waals surface area (Å²) in [7, 11) is 0. The standard InChI is InChI=1S/C13H14N2OS/c14-7-10-6-9-2-1-3-12(9)15-13(10)16-11-4-5-17-8-11/h6,11H,1-5,8H2. The fraction of sp³-hybridized carbons (Fsp3) is 0.538. The molecule has 1 aromatic heterocycles. The zero-order valence-electron chi connectivity index (χ0n) is 9.61. The van der Waals surface area contributed by atoms with Gasteiger partial charge >= 0.3 is 0 Å². The third kappa shape index (κ3) is 2.12. The molecule has 1 aromatic rings. The van der Waals surface area contributed by atoms with Gasteiger partial charge in [-0.15, -0.1) is 0 Å². The lowest BCUT2D eigenvalue weighted by Crippen LogP contribution is -2.16. The van der Waals surface area contributed by atoms with E-state index in [0.717, 1.165) is 42.9 Å². The number of ether oxygens (including phenoxy) is 1. The molecule has 2 aliphatic rings. The van der Waals surface area contributed by atoms with Crippen molar-refractivity contribution in [1.29, 1.82) is 5.26 Å². The summed E-state index contributed by atoms with van der Waals surface area (Å²) in [4.78, 5) is 4.53. The summed E-state index contributed by atoms with van der Waals surface area (Å²) in [6.45, 7) is 0. The SMILES string of the molecule is N#Cc1cc2c(nc1OC1CCSC1)CCC2. The van der Waals surface area contributed by atoms with Gasteiger partial charge in [0.1, 0.15) is 17.7 Å². The number of fused-ring (bicyclic) bond motifs is 1. The summed E-state index contributed by atoms with van der Waals surface area (Å²) in [6, 6.07) is 4.17. The Morgan fingerprint density at radius 3 is 3.18 bits per heavy atom. The van der Waals surface area contributed by atoms with Gasteiger partial charge in [-0.3, -0.25) is 0 Å². The third-order valence-corrected chi connectivity index (χ3v) is 4.43. The summed E-state index contributed by atoms with van der Waals surface area (Å²) in [5, 5.41) is 9.15. The Balaban J connectivity index is 1.89. The van der Waals surface area contributed by atoms with Crippen molar-refractivity contribution in [3.05, 3.63) is 22.9 Å². The molecule has 1 aliphatic carbocycles. The summed E-state index contributed by atoms with van der Waals surface area (Å²) in [5.74, 6) is 2.72. The third-order valence-electron chi connectivity index (χ3n) is 3.30. The predicted octanol–water partition coefficient (Wildman–Crippen LogP) is 2.33. The molecular weight excluding hydrogens is 232 g/mol. The number of aromatic nitrogens is 1. The Kier molecular flexibility index (Phi) is 2.94. The Morgan fingerprint density at radius 1 is 1.47 bits per heavy atom. The number of hydrogen-bond donors (Lipinski definition) is 0. The highest BCUT2D eigenvalue weighted by Gasteiger charge is 2.22. The molecule has 1 unspecified atom stereocenters. The molecule has 1 saturated heterocycles. The fourth-order valence-corrected chi connectivity index (χ4v) is 3.48. The van der Waals surface area contributed by atoms with E-state index in [-0.39, 0.29) is 6.10 Å². The second-order valence-corrected chi connectivity index (χ2v) is 5.67. The molecule has 1 fully saturated rings. The van der Waals surface area contributed by atoms with E-state index >= 15 is 0 Å². The van der Waals surface area contributed by atoms with Crippen molar-refractivity contribution in [2.75, 3.05) is 11.5 Å². The minimum Gasteiger partial charge on any atom is -0.472 e. The number of nitriles is 1. The number of nitrogens with zero attached hydrogens (tertiary/aromatic N) is 2. The molecule has 0 radical (unpaired) electrons. The average molecular weight is 246 g/mol. The molecule has 1 aliphatic heterocycles. The van der Waals surface area contributed by atoms with Gasteiger partial charge in [0, 0.05) is 11.4 Å². The molecule has 0 aromatic carbocycles. The second-order valence-electron chi connectivity index (χ2n) is 4.52. The normalized spacial score (nSPS) is 22.2. The molecule has 17 heavy (non-hydrogen) atoms. The highest BCUT2D eigenvalue weighted by Crippen LogP contribution is 2.29. The van der Waals surface area contributed by atoms with E-state index in [4.69, 9.17) is 10.00 Å². The minimum absolute atomic E-state index is 0.235. The lowest BCUT2D eigenvalue weighted by Gasteiger charge is -2.13. The van der Waals surface area contributed by atoms with Crippen LogP contribution < -0.4 is 4.74 Å². The highest BCUT2D eigenvalue weighted by atomic mass is 32.2. The van der Waals surface area contributed by atoms with Crippen LogP contribution in [0.3, 0.4) is 0 Å². The Bertz CT molecular complexity index is 475. The van der Waals surface area contributed by atoms with Crippen molar-refractivity contribution in [3.63, 3.8) is 0 Å². The minimum atomic E-state index is 0.235. The number of thioether (sulfide) groups is 1. The van der Waals surface area contributed by atoms with Crippen molar-refractivity contribution < 1.29 is 4.74 Å².